The van der Waals surface area contributed by atoms with E-state index in [1.54, 1.807) is 35.4 Å². The second kappa shape index (κ2) is 13.2. The Labute approximate surface area is 255 Å². The summed E-state index contributed by atoms with van der Waals surface area (Å²) in [4.78, 5) is 51.7. The number of pyridine rings is 2. The van der Waals surface area contributed by atoms with Crippen molar-refractivity contribution in [2.45, 2.75) is 32.1 Å². The van der Waals surface area contributed by atoms with E-state index >= 15 is 0 Å². The molecule has 224 valence electrons. The molecule has 0 spiro atoms. The van der Waals surface area contributed by atoms with E-state index in [2.05, 4.69) is 14.9 Å². The molecule has 4 aromatic rings. The van der Waals surface area contributed by atoms with Crippen LogP contribution in [0.4, 0.5) is 10.1 Å². The summed E-state index contributed by atoms with van der Waals surface area (Å²) in [5.41, 5.74) is 3.26. The molecule has 0 radical (unpaired) electrons. The minimum absolute atomic E-state index is 0.109. The molecule has 8 nitrogen and oxygen atoms in total. The molecule has 4 heterocycles. The molecule has 2 aliphatic heterocycles. The normalized spacial score (nSPS) is 15.3. The lowest BCUT2D eigenvalue weighted by Gasteiger charge is -2.31. The number of hydrogen-bond donors (Lipinski definition) is 0. The fourth-order valence-electron chi connectivity index (χ4n) is 5.73. The lowest BCUT2D eigenvalue weighted by atomic mass is 9.88. The number of carbonyl (C=O) groups excluding carboxylic acids is 3. The Morgan fingerprint density at radius 1 is 0.773 bits per heavy atom. The van der Waals surface area contributed by atoms with E-state index in [1.165, 1.54) is 49.0 Å². The highest BCUT2D eigenvalue weighted by molar-refractivity contribution is 5.99. The zero-order chi connectivity index (χ0) is 30.5. The third kappa shape index (κ3) is 6.83. The predicted octanol–water partition coefficient (Wildman–Crippen LogP) is 6.17. The SMILES string of the molecule is O=C(Cc1ccc(Oc2ccc(F)cc2)nc1)c1ccc(C(=O)N2CCC(C(=O)c3ccc(N4CCCC4)cc3)CC2)nc1. The summed E-state index contributed by atoms with van der Waals surface area (Å²) in [6.07, 6.45) is 6.73. The predicted molar refractivity (Wildman–Crippen MR) is 164 cm³/mol. The van der Waals surface area contributed by atoms with E-state index in [0.717, 1.165) is 18.7 Å². The molecular formula is C35H33FN4O4. The summed E-state index contributed by atoms with van der Waals surface area (Å²) in [6.45, 7) is 3.10. The maximum Gasteiger partial charge on any atom is 0.272 e. The number of hydrogen-bond acceptors (Lipinski definition) is 7. The zero-order valence-corrected chi connectivity index (χ0v) is 24.3. The number of Topliss-reactive ketones (excluding diaryl/α,β-unsaturated/α-hetero) is 2. The van der Waals surface area contributed by atoms with Gasteiger partial charge in [0.05, 0.1) is 0 Å². The lowest BCUT2D eigenvalue weighted by Crippen LogP contribution is -2.40. The number of likely N-dealkylation sites (tertiary alicyclic amines) is 1. The second-order valence-electron chi connectivity index (χ2n) is 11.3. The topological polar surface area (TPSA) is 92.7 Å². The van der Waals surface area contributed by atoms with Crippen LogP contribution in [0, 0.1) is 11.7 Å². The van der Waals surface area contributed by atoms with Gasteiger partial charge in [-0.2, -0.15) is 0 Å². The van der Waals surface area contributed by atoms with E-state index in [-0.39, 0.29) is 41.3 Å². The van der Waals surface area contributed by atoms with Crippen molar-refractivity contribution in [3.8, 4) is 11.6 Å². The minimum atomic E-state index is -0.353. The third-order valence-corrected chi connectivity index (χ3v) is 8.28. The highest BCUT2D eigenvalue weighted by Crippen LogP contribution is 2.26. The molecular weight excluding hydrogens is 559 g/mol. The van der Waals surface area contributed by atoms with E-state index in [1.807, 2.05) is 24.3 Å². The van der Waals surface area contributed by atoms with Gasteiger partial charge in [-0.15, -0.1) is 0 Å². The number of rotatable bonds is 9. The van der Waals surface area contributed by atoms with E-state index in [0.29, 0.717) is 48.7 Å². The average Bonchev–Trinajstić information content (AvgIpc) is 3.62. The van der Waals surface area contributed by atoms with Crippen LogP contribution in [0.2, 0.25) is 0 Å². The lowest BCUT2D eigenvalue weighted by molar-refractivity contribution is 0.0645. The van der Waals surface area contributed by atoms with Crippen molar-refractivity contribution in [2.75, 3.05) is 31.1 Å². The first-order chi connectivity index (χ1) is 21.4. The number of benzene rings is 2. The van der Waals surface area contributed by atoms with Gasteiger partial charge in [-0.25, -0.2) is 9.37 Å². The number of halogens is 1. The van der Waals surface area contributed by atoms with Gasteiger partial charge in [0.2, 0.25) is 5.88 Å². The number of anilines is 1. The molecule has 0 saturated carbocycles. The van der Waals surface area contributed by atoms with Crippen molar-refractivity contribution in [1.29, 1.82) is 0 Å². The second-order valence-corrected chi connectivity index (χ2v) is 11.3. The molecule has 2 aliphatic rings. The number of carbonyl (C=O) groups is 3. The first kappa shape index (κ1) is 29.2. The molecule has 0 aliphatic carbocycles. The quantitative estimate of drug-likeness (QED) is 0.215. The number of ketones is 2. The van der Waals surface area contributed by atoms with Crippen molar-refractivity contribution in [3.63, 3.8) is 0 Å². The molecule has 2 fully saturated rings. The van der Waals surface area contributed by atoms with Crippen molar-refractivity contribution >= 4 is 23.2 Å². The Morgan fingerprint density at radius 2 is 1.48 bits per heavy atom. The highest BCUT2D eigenvalue weighted by Gasteiger charge is 2.29. The Kier molecular flexibility index (Phi) is 8.72. The fourth-order valence-corrected chi connectivity index (χ4v) is 5.73. The molecule has 2 aromatic carbocycles. The molecule has 2 saturated heterocycles. The largest absolute Gasteiger partial charge is 0.439 e. The van der Waals surface area contributed by atoms with Gasteiger partial charge in [-0.3, -0.25) is 19.4 Å². The van der Waals surface area contributed by atoms with E-state index in [9.17, 15) is 18.8 Å². The van der Waals surface area contributed by atoms with Crippen LogP contribution in [0.15, 0.2) is 85.2 Å². The third-order valence-electron chi connectivity index (χ3n) is 8.28. The number of ether oxygens (including phenoxy) is 1. The Bertz CT molecular complexity index is 1610. The van der Waals surface area contributed by atoms with Gasteiger partial charge in [0, 0.05) is 73.8 Å². The van der Waals surface area contributed by atoms with Crippen LogP contribution in [0.25, 0.3) is 0 Å². The van der Waals surface area contributed by atoms with Crippen LogP contribution >= 0.6 is 0 Å². The van der Waals surface area contributed by atoms with Gasteiger partial charge < -0.3 is 14.5 Å². The maximum absolute atomic E-state index is 13.1. The van der Waals surface area contributed by atoms with Gasteiger partial charge in [-0.05, 0) is 91.9 Å². The fraction of sp³-hybridized carbons (Fsp3) is 0.286. The van der Waals surface area contributed by atoms with E-state index < -0.39 is 0 Å². The van der Waals surface area contributed by atoms with Crippen molar-refractivity contribution < 1.29 is 23.5 Å². The van der Waals surface area contributed by atoms with Gasteiger partial charge in [0.25, 0.3) is 5.91 Å². The number of amides is 1. The van der Waals surface area contributed by atoms with Crippen LogP contribution in [0.1, 0.15) is 62.5 Å². The van der Waals surface area contributed by atoms with Gasteiger partial charge in [0.1, 0.15) is 17.3 Å². The highest BCUT2D eigenvalue weighted by atomic mass is 19.1. The molecule has 44 heavy (non-hydrogen) atoms. The number of nitrogens with zero attached hydrogens (tertiary/aromatic N) is 4. The molecule has 9 heteroatoms. The maximum atomic E-state index is 13.1. The van der Waals surface area contributed by atoms with Crippen LogP contribution in [0.3, 0.4) is 0 Å². The average molecular weight is 593 g/mol. The molecule has 2 aromatic heterocycles. The van der Waals surface area contributed by atoms with Gasteiger partial charge in [-0.1, -0.05) is 6.07 Å². The number of piperidine rings is 1. The Balaban J connectivity index is 0.985. The molecule has 6 rings (SSSR count). The molecule has 0 atom stereocenters. The Hall–Kier alpha value is -4.92. The summed E-state index contributed by atoms with van der Waals surface area (Å²) in [5, 5.41) is 0. The summed E-state index contributed by atoms with van der Waals surface area (Å²) >= 11 is 0. The van der Waals surface area contributed by atoms with Crippen LogP contribution in [-0.2, 0) is 6.42 Å². The van der Waals surface area contributed by atoms with Gasteiger partial charge >= 0.3 is 0 Å². The van der Waals surface area contributed by atoms with Crippen LogP contribution in [0.5, 0.6) is 11.6 Å². The molecule has 1 amide bonds. The standard InChI is InChI=1S/C35H33FN4O4/c36-28-7-11-30(12-8-28)44-33-14-3-24(22-38-33)21-32(41)27-6-13-31(37-23-27)35(43)40-19-15-26(16-20-40)34(42)25-4-9-29(10-5-25)39-17-1-2-18-39/h3-14,22-23,26H,1-2,15-21H2. The number of aromatic nitrogens is 2. The zero-order valence-electron chi connectivity index (χ0n) is 24.3. The van der Waals surface area contributed by atoms with Crippen LogP contribution < -0.4 is 9.64 Å². The first-order valence-electron chi connectivity index (χ1n) is 15.0. The summed E-state index contributed by atoms with van der Waals surface area (Å²) < 4.78 is 18.7. The summed E-state index contributed by atoms with van der Waals surface area (Å²) in [5.74, 6) is 0.106. The Morgan fingerprint density at radius 3 is 2.11 bits per heavy atom. The van der Waals surface area contributed by atoms with Crippen molar-refractivity contribution in [3.05, 3.63) is 113 Å². The monoisotopic (exact) mass is 592 g/mol. The van der Waals surface area contributed by atoms with Crippen molar-refractivity contribution in [1.82, 2.24) is 14.9 Å². The smallest absolute Gasteiger partial charge is 0.272 e. The molecule has 0 bridgehead atoms. The first-order valence-corrected chi connectivity index (χ1v) is 15.0. The van der Waals surface area contributed by atoms with Gasteiger partial charge in [0.15, 0.2) is 11.6 Å². The minimum Gasteiger partial charge on any atom is -0.439 e. The summed E-state index contributed by atoms with van der Waals surface area (Å²) in [6, 6.07) is 20.1. The van der Waals surface area contributed by atoms with Crippen molar-refractivity contribution in [2.24, 2.45) is 5.92 Å². The van der Waals surface area contributed by atoms with E-state index in [4.69, 9.17) is 4.74 Å². The van der Waals surface area contributed by atoms with Crippen LogP contribution in [-0.4, -0.2) is 58.5 Å². The molecule has 0 unspecified atom stereocenters. The molecule has 0 N–H and O–H groups in total. The summed E-state index contributed by atoms with van der Waals surface area (Å²) in [7, 11) is 0.